The summed E-state index contributed by atoms with van der Waals surface area (Å²) in [6, 6.07) is 1.77. The molecule has 2 atom stereocenters. The first-order valence-electron chi connectivity index (χ1n) is 4.95. The van der Waals surface area contributed by atoms with E-state index in [1.54, 1.807) is 18.5 Å². The molecule has 1 aliphatic rings. The predicted octanol–water partition coefficient (Wildman–Crippen LogP) is 0.218. The zero-order valence-corrected chi connectivity index (χ0v) is 8.06. The molecule has 4 nitrogen and oxygen atoms in total. The fraction of sp³-hybridized carbons (Fsp3) is 0.600. The van der Waals surface area contributed by atoms with Gasteiger partial charge in [-0.05, 0) is 25.3 Å². The van der Waals surface area contributed by atoms with Crippen LogP contribution in [0.5, 0.6) is 0 Å². The maximum absolute atomic E-state index is 9.93. The van der Waals surface area contributed by atoms with Crippen molar-refractivity contribution < 1.29 is 5.11 Å². The number of aliphatic hydroxyl groups excluding tert-OH is 1. The van der Waals surface area contributed by atoms with Crippen LogP contribution in [0, 0.1) is 0 Å². The van der Waals surface area contributed by atoms with Crippen molar-refractivity contribution in [3.05, 3.63) is 24.3 Å². The minimum absolute atomic E-state index is 0.394. The minimum Gasteiger partial charge on any atom is -0.392 e. The van der Waals surface area contributed by atoms with E-state index in [0.717, 1.165) is 19.3 Å². The Bertz CT molecular complexity index is 303. The Morgan fingerprint density at radius 1 is 1.50 bits per heavy atom. The summed E-state index contributed by atoms with van der Waals surface area (Å²) in [4.78, 5) is 8.41. The smallest absolute Gasteiger partial charge is 0.138 e. The summed E-state index contributed by atoms with van der Waals surface area (Å²) in [5, 5.41) is 9.93. The standard InChI is InChI=1S/C10H15N3O/c11-7-10(4-1-3-8(10)14)9-12-5-2-6-13-9/h2,5-6,8,14H,1,3-4,7,11H2. The summed E-state index contributed by atoms with van der Waals surface area (Å²) >= 11 is 0. The normalized spacial score (nSPS) is 32.0. The predicted molar refractivity (Wildman–Crippen MR) is 52.6 cm³/mol. The lowest BCUT2D eigenvalue weighted by molar-refractivity contribution is 0.105. The molecule has 0 amide bonds. The molecule has 2 unspecified atom stereocenters. The average molecular weight is 193 g/mol. The van der Waals surface area contributed by atoms with Gasteiger partial charge in [0, 0.05) is 18.9 Å². The van der Waals surface area contributed by atoms with Crippen molar-refractivity contribution >= 4 is 0 Å². The molecule has 1 fully saturated rings. The summed E-state index contributed by atoms with van der Waals surface area (Å²) in [5.74, 6) is 0.688. The van der Waals surface area contributed by atoms with Crippen molar-refractivity contribution in [3.63, 3.8) is 0 Å². The second-order valence-electron chi connectivity index (χ2n) is 3.84. The fourth-order valence-corrected chi connectivity index (χ4v) is 2.20. The number of aliphatic hydroxyl groups is 1. The van der Waals surface area contributed by atoms with Gasteiger partial charge in [-0.3, -0.25) is 0 Å². The third kappa shape index (κ3) is 1.31. The number of hydrogen-bond acceptors (Lipinski definition) is 4. The van der Waals surface area contributed by atoms with Crippen molar-refractivity contribution in [2.24, 2.45) is 5.73 Å². The maximum atomic E-state index is 9.93. The summed E-state index contributed by atoms with van der Waals surface area (Å²) in [6.45, 7) is 0.415. The highest BCUT2D eigenvalue weighted by atomic mass is 16.3. The lowest BCUT2D eigenvalue weighted by Gasteiger charge is -2.29. The Hall–Kier alpha value is -1.00. The van der Waals surface area contributed by atoms with Crippen LogP contribution in [-0.2, 0) is 5.41 Å². The number of aromatic nitrogens is 2. The van der Waals surface area contributed by atoms with Gasteiger partial charge in [0.1, 0.15) is 5.82 Å². The quantitative estimate of drug-likeness (QED) is 0.704. The molecular weight excluding hydrogens is 178 g/mol. The summed E-state index contributed by atoms with van der Waals surface area (Å²) in [7, 11) is 0. The summed E-state index contributed by atoms with van der Waals surface area (Å²) < 4.78 is 0. The molecule has 0 saturated heterocycles. The highest BCUT2D eigenvalue weighted by Crippen LogP contribution is 2.38. The number of rotatable bonds is 2. The number of nitrogens with two attached hydrogens (primary N) is 1. The van der Waals surface area contributed by atoms with Gasteiger partial charge in [-0.25, -0.2) is 9.97 Å². The van der Waals surface area contributed by atoms with E-state index in [-0.39, 0.29) is 0 Å². The topological polar surface area (TPSA) is 72.0 Å². The monoisotopic (exact) mass is 193 g/mol. The van der Waals surface area contributed by atoms with Gasteiger partial charge in [-0.2, -0.15) is 0 Å². The number of nitrogens with zero attached hydrogens (tertiary/aromatic N) is 2. The molecule has 0 aliphatic heterocycles. The Balaban J connectivity index is 2.38. The first-order chi connectivity index (χ1) is 6.79. The number of hydrogen-bond donors (Lipinski definition) is 2. The van der Waals surface area contributed by atoms with Gasteiger partial charge < -0.3 is 10.8 Å². The largest absolute Gasteiger partial charge is 0.392 e. The Labute approximate surface area is 83.2 Å². The molecule has 76 valence electrons. The van der Waals surface area contributed by atoms with Gasteiger partial charge in [0.25, 0.3) is 0 Å². The van der Waals surface area contributed by atoms with Gasteiger partial charge >= 0.3 is 0 Å². The lowest BCUT2D eigenvalue weighted by atomic mass is 9.83. The molecule has 0 spiro atoms. The minimum atomic E-state index is -0.402. The van der Waals surface area contributed by atoms with Gasteiger partial charge in [0.2, 0.25) is 0 Å². The van der Waals surface area contributed by atoms with Crippen LogP contribution in [0.25, 0.3) is 0 Å². The SMILES string of the molecule is NCC1(c2ncccn2)CCCC1O. The van der Waals surface area contributed by atoms with Crippen molar-refractivity contribution in [3.8, 4) is 0 Å². The van der Waals surface area contributed by atoms with E-state index in [2.05, 4.69) is 9.97 Å². The molecule has 4 heteroatoms. The molecule has 1 saturated carbocycles. The molecule has 2 rings (SSSR count). The van der Waals surface area contributed by atoms with Crippen LogP contribution in [0.1, 0.15) is 25.1 Å². The van der Waals surface area contributed by atoms with E-state index in [1.165, 1.54) is 0 Å². The zero-order chi connectivity index (χ0) is 10.0. The molecular formula is C10H15N3O. The third-order valence-electron chi connectivity index (χ3n) is 3.11. The van der Waals surface area contributed by atoms with E-state index in [0.29, 0.717) is 12.4 Å². The van der Waals surface area contributed by atoms with Crippen LogP contribution in [0.3, 0.4) is 0 Å². The highest BCUT2D eigenvalue weighted by molar-refractivity contribution is 5.15. The van der Waals surface area contributed by atoms with Crippen molar-refractivity contribution in [2.75, 3.05) is 6.54 Å². The highest BCUT2D eigenvalue weighted by Gasteiger charge is 2.44. The third-order valence-corrected chi connectivity index (χ3v) is 3.11. The Morgan fingerprint density at radius 3 is 2.71 bits per heavy atom. The van der Waals surface area contributed by atoms with Crippen LogP contribution < -0.4 is 5.73 Å². The fourth-order valence-electron chi connectivity index (χ4n) is 2.20. The van der Waals surface area contributed by atoms with Crippen molar-refractivity contribution in [2.45, 2.75) is 30.8 Å². The molecule has 1 aliphatic carbocycles. The second-order valence-corrected chi connectivity index (χ2v) is 3.84. The Morgan fingerprint density at radius 2 is 2.21 bits per heavy atom. The van der Waals surface area contributed by atoms with Crippen molar-refractivity contribution in [1.82, 2.24) is 9.97 Å². The van der Waals surface area contributed by atoms with Gasteiger partial charge in [0.15, 0.2) is 0 Å². The van der Waals surface area contributed by atoms with Gasteiger partial charge in [-0.15, -0.1) is 0 Å². The lowest BCUT2D eigenvalue weighted by Crippen LogP contribution is -2.43. The Kier molecular flexibility index (Phi) is 2.48. The molecule has 14 heavy (non-hydrogen) atoms. The van der Waals surface area contributed by atoms with E-state index in [1.807, 2.05) is 0 Å². The average Bonchev–Trinajstić information content (AvgIpc) is 2.62. The molecule has 1 heterocycles. The zero-order valence-electron chi connectivity index (χ0n) is 8.06. The summed E-state index contributed by atoms with van der Waals surface area (Å²) in [6.07, 6.45) is 5.69. The second kappa shape index (κ2) is 3.63. The maximum Gasteiger partial charge on any atom is 0.138 e. The van der Waals surface area contributed by atoms with E-state index < -0.39 is 11.5 Å². The van der Waals surface area contributed by atoms with E-state index in [4.69, 9.17) is 5.73 Å². The molecule has 1 aromatic heterocycles. The van der Waals surface area contributed by atoms with Gasteiger partial charge in [-0.1, -0.05) is 0 Å². The molecule has 1 aromatic rings. The van der Waals surface area contributed by atoms with E-state index in [9.17, 15) is 5.11 Å². The first-order valence-corrected chi connectivity index (χ1v) is 4.95. The molecule has 0 bridgehead atoms. The molecule has 0 aromatic carbocycles. The van der Waals surface area contributed by atoms with Crippen LogP contribution >= 0.6 is 0 Å². The van der Waals surface area contributed by atoms with E-state index >= 15 is 0 Å². The molecule has 0 radical (unpaired) electrons. The summed E-state index contributed by atoms with van der Waals surface area (Å²) in [5.41, 5.74) is 5.35. The molecule has 3 N–H and O–H groups in total. The van der Waals surface area contributed by atoms with Crippen molar-refractivity contribution in [1.29, 1.82) is 0 Å². The van der Waals surface area contributed by atoms with Gasteiger partial charge in [0.05, 0.1) is 11.5 Å². The van der Waals surface area contributed by atoms with Crippen LogP contribution in [0.2, 0.25) is 0 Å². The first kappa shape index (κ1) is 9.55. The van der Waals surface area contributed by atoms with Crippen LogP contribution in [0.15, 0.2) is 18.5 Å². The van der Waals surface area contributed by atoms with Crippen LogP contribution in [0.4, 0.5) is 0 Å². The van der Waals surface area contributed by atoms with Crippen LogP contribution in [-0.4, -0.2) is 27.7 Å².